The Kier molecular flexibility index (Phi) is 6.50. The van der Waals surface area contributed by atoms with E-state index in [1.54, 1.807) is 12.1 Å². The molecule has 4 rings (SSSR count). The Labute approximate surface area is 174 Å². The average Bonchev–Trinajstić information content (AvgIpc) is 2.77. The van der Waals surface area contributed by atoms with E-state index in [2.05, 4.69) is 43.3 Å². The van der Waals surface area contributed by atoms with Crippen molar-refractivity contribution in [3.8, 4) is 11.1 Å². The van der Waals surface area contributed by atoms with Gasteiger partial charge in [0.15, 0.2) is 0 Å². The summed E-state index contributed by atoms with van der Waals surface area (Å²) in [7, 11) is 0. The van der Waals surface area contributed by atoms with E-state index in [1.165, 1.54) is 43.7 Å². The lowest BCUT2D eigenvalue weighted by Gasteiger charge is -2.48. The molecule has 2 aliphatic carbocycles. The third-order valence-corrected chi connectivity index (χ3v) is 7.45. The molecule has 2 aromatic rings. The summed E-state index contributed by atoms with van der Waals surface area (Å²) in [5.41, 5.74) is 3.15. The predicted octanol–water partition coefficient (Wildman–Crippen LogP) is 6.97. The summed E-state index contributed by atoms with van der Waals surface area (Å²) in [5, 5.41) is 9.99. The second-order valence-corrected chi connectivity index (χ2v) is 9.03. The molecule has 5 atom stereocenters. The van der Waals surface area contributed by atoms with Gasteiger partial charge in [0.1, 0.15) is 5.82 Å². The van der Waals surface area contributed by atoms with Gasteiger partial charge in [0.25, 0.3) is 0 Å². The van der Waals surface area contributed by atoms with E-state index in [-0.39, 0.29) is 5.82 Å². The van der Waals surface area contributed by atoms with Crippen LogP contribution in [0.15, 0.2) is 54.6 Å². The van der Waals surface area contributed by atoms with E-state index in [4.69, 9.17) is 0 Å². The quantitative estimate of drug-likeness (QED) is 0.583. The number of allylic oxidation sites excluding steroid dienone is 1. The van der Waals surface area contributed by atoms with E-state index in [1.807, 2.05) is 6.07 Å². The molecule has 154 valence electrons. The first-order chi connectivity index (χ1) is 14.2. The largest absolute Gasteiger partial charge is 0.396 e. The molecule has 2 fully saturated rings. The second kappa shape index (κ2) is 9.26. The van der Waals surface area contributed by atoms with Crippen molar-refractivity contribution in [2.45, 2.75) is 45.4 Å². The molecule has 0 aliphatic heterocycles. The lowest BCUT2D eigenvalue weighted by Crippen LogP contribution is -2.41. The molecule has 2 saturated carbocycles. The third kappa shape index (κ3) is 4.48. The minimum atomic E-state index is -0.199. The van der Waals surface area contributed by atoms with Crippen molar-refractivity contribution in [1.82, 2.24) is 0 Å². The molecule has 29 heavy (non-hydrogen) atoms. The van der Waals surface area contributed by atoms with Crippen LogP contribution in [0.3, 0.4) is 0 Å². The lowest BCUT2D eigenvalue weighted by atomic mass is 9.57. The highest BCUT2D eigenvalue weighted by Crippen LogP contribution is 2.50. The van der Waals surface area contributed by atoms with Crippen LogP contribution in [0.5, 0.6) is 0 Å². The van der Waals surface area contributed by atoms with Crippen LogP contribution >= 0.6 is 0 Å². The van der Waals surface area contributed by atoms with E-state index in [0.717, 1.165) is 29.4 Å². The summed E-state index contributed by atoms with van der Waals surface area (Å²) in [6.07, 6.45) is 12.5. The standard InChI is InChI=1S/C27H33FO/c1-2-25-23(18-29)16-22-6-3-4-9-26(22)27(25)15-12-19-10-13-20(14-11-19)21-7-5-8-24(28)17-21/h5,7-8,10-15,17,22-23,25-27,29H,2-4,6,9,16,18H2,1H3/b15-12+/t22-,23-,25-,26+,27+/m0/s1. The number of hydrogen-bond acceptors (Lipinski definition) is 1. The molecule has 2 aromatic carbocycles. The Morgan fingerprint density at radius 3 is 2.55 bits per heavy atom. The average molecular weight is 393 g/mol. The SMILES string of the molecule is CC[C@H]1[C@H](CO)C[C@@H]2CCCC[C@H]2[C@@H]1/C=C/c1ccc(-c2cccc(F)c2)cc1. The van der Waals surface area contributed by atoms with Gasteiger partial charge in [-0.1, -0.05) is 81.2 Å². The highest BCUT2D eigenvalue weighted by molar-refractivity contribution is 5.65. The zero-order chi connectivity index (χ0) is 20.2. The summed E-state index contributed by atoms with van der Waals surface area (Å²) in [4.78, 5) is 0. The number of aliphatic hydroxyl groups excluding tert-OH is 1. The maximum absolute atomic E-state index is 13.5. The molecular formula is C27H33FO. The first-order valence-electron chi connectivity index (χ1n) is 11.3. The van der Waals surface area contributed by atoms with Crippen LogP contribution in [0.2, 0.25) is 0 Å². The van der Waals surface area contributed by atoms with Crippen LogP contribution in [-0.4, -0.2) is 11.7 Å². The van der Waals surface area contributed by atoms with Crippen LogP contribution in [0.1, 0.15) is 51.0 Å². The lowest BCUT2D eigenvalue weighted by molar-refractivity contribution is 0.00715. The Morgan fingerprint density at radius 2 is 1.83 bits per heavy atom. The molecule has 0 spiro atoms. The summed E-state index contributed by atoms with van der Waals surface area (Å²) in [6, 6.07) is 15.2. The van der Waals surface area contributed by atoms with Gasteiger partial charge in [0.05, 0.1) is 0 Å². The molecule has 0 bridgehead atoms. The van der Waals surface area contributed by atoms with Crippen molar-refractivity contribution in [1.29, 1.82) is 0 Å². The molecular weight excluding hydrogens is 359 g/mol. The van der Waals surface area contributed by atoms with E-state index >= 15 is 0 Å². The van der Waals surface area contributed by atoms with Crippen LogP contribution in [0.4, 0.5) is 4.39 Å². The molecule has 1 N–H and O–H groups in total. The molecule has 2 heteroatoms. The van der Waals surface area contributed by atoms with Gasteiger partial charge in [-0.05, 0) is 71.3 Å². The van der Waals surface area contributed by atoms with Crippen LogP contribution < -0.4 is 0 Å². The first kappa shape index (κ1) is 20.3. The molecule has 0 heterocycles. The van der Waals surface area contributed by atoms with Crippen molar-refractivity contribution in [3.63, 3.8) is 0 Å². The normalized spacial score (nSPS) is 29.7. The Morgan fingerprint density at radius 1 is 1.03 bits per heavy atom. The molecule has 1 nitrogen and oxygen atoms in total. The summed E-state index contributed by atoms with van der Waals surface area (Å²) in [6.45, 7) is 2.61. The zero-order valence-corrected chi connectivity index (χ0v) is 17.4. The first-order valence-corrected chi connectivity index (χ1v) is 11.3. The van der Waals surface area contributed by atoms with Gasteiger partial charge in [-0.3, -0.25) is 0 Å². The second-order valence-electron chi connectivity index (χ2n) is 9.03. The molecule has 0 saturated heterocycles. The van der Waals surface area contributed by atoms with Crippen molar-refractivity contribution in [3.05, 3.63) is 66.0 Å². The molecule has 0 aromatic heterocycles. The fraction of sp³-hybridized carbons (Fsp3) is 0.481. The van der Waals surface area contributed by atoms with E-state index < -0.39 is 0 Å². The summed E-state index contributed by atoms with van der Waals surface area (Å²) < 4.78 is 13.5. The fourth-order valence-corrected chi connectivity index (χ4v) is 6.01. The van der Waals surface area contributed by atoms with Gasteiger partial charge >= 0.3 is 0 Å². The molecule has 2 aliphatic rings. The Balaban J connectivity index is 1.54. The van der Waals surface area contributed by atoms with Gasteiger partial charge in [-0.15, -0.1) is 0 Å². The van der Waals surface area contributed by atoms with E-state index in [9.17, 15) is 9.50 Å². The molecule has 0 radical (unpaired) electrons. The fourth-order valence-electron chi connectivity index (χ4n) is 6.01. The summed E-state index contributed by atoms with van der Waals surface area (Å²) >= 11 is 0. The number of rotatable bonds is 5. The minimum absolute atomic E-state index is 0.199. The van der Waals surface area contributed by atoms with E-state index in [0.29, 0.717) is 24.4 Å². The number of benzene rings is 2. The van der Waals surface area contributed by atoms with Crippen molar-refractivity contribution >= 4 is 6.08 Å². The van der Waals surface area contributed by atoms with Gasteiger partial charge in [-0.25, -0.2) is 4.39 Å². The van der Waals surface area contributed by atoms with Gasteiger partial charge in [0, 0.05) is 6.61 Å². The third-order valence-electron chi connectivity index (χ3n) is 7.45. The van der Waals surface area contributed by atoms with Gasteiger partial charge < -0.3 is 5.11 Å². The van der Waals surface area contributed by atoms with Gasteiger partial charge in [-0.2, -0.15) is 0 Å². The zero-order valence-electron chi connectivity index (χ0n) is 17.4. The number of halogens is 1. The predicted molar refractivity (Wildman–Crippen MR) is 119 cm³/mol. The molecule has 0 amide bonds. The topological polar surface area (TPSA) is 20.2 Å². The Bertz CT molecular complexity index is 819. The summed E-state index contributed by atoms with van der Waals surface area (Å²) in [5.74, 6) is 2.97. The van der Waals surface area contributed by atoms with Crippen molar-refractivity contribution in [2.75, 3.05) is 6.61 Å². The number of aliphatic hydroxyl groups is 1. The Hall–Kier alpha value is -1.93. The minimum Gasteiger partial charge on any atom is -0.396 e. The highest BCUT2D eigenvalue weighted by Gasteiger charge is 2.42. The van der Waals surface area contributed by atoms with Crippen molar-refractivity contribution < 1.29 is 9.50 Å². The maximum atomic E-state index is 13.5. The number of fused-ring (bicyclic) bond motifs is 1. The highest BCUT2D eigenvalue weighted by atomic mass is 19.1. The maximum Gasteiger partial charge on any atom is 0.123 e. The molecule has 0 unspecified atom stereocenters. The van der Waals surface area contributed by atoms with Crippen LogP contribution in [0, 0.1) is 35.4 Å². The van der Waals surface area contributed by atoms with Crippen LogP contribution in [0.25, 0.3) is 17.2 Å². The number of hydrogen-bond donors (Lipinski definition) is 1. The monoisotopic (exact) mass is 392 g/mol. The van der Waals surface area contributed by atoms with Gasteiger partial charge in [0.2, 0.25) is 0 Å². The smallest absolute Gasteiger partial charge is 0.123 e. The van der Waals surface area contributed by atoms with Crippen molar-refractivity contribution in [2.24, 2.45) is 29.6 Å². The van der Waals surface area contributed by atoms with Crippen LogP contribution in [-0.2, 0) is 0 Å².